The fourth-order valence-electron chi connectivity index (χ4n) is 5.43. The molecule has 1 saturated carbocycles. The summed E-state index contributed by atoms with van der Waals surface area (Å²) in [5.41, 5.74) is 2.36. The number of nitrogens with zero attached hydrogens (tertiary/aromatic N) is 2. The van der Waals surface area contributed by atoms with Crippen LogP contribution in [0.25, 0.3) is 0 Å². The van der Waals surface area contributed by atoms with Gasteiger partial charge in [0.25, 0.3) is 0 Å². The maximum Gasteiger partial charge on any atom is 0.243 e. The molecule has 30 heavy (non-hydrogen) atoms. The Morgan fingerprint density at radius 2 is 2.03 bits per heavy atom. The van der Waals surface area contributed by atoms with Crippen molar-refractivity contribution in [3.63, 3.8) is 0 Å². The molecule has 1 aromatic rings. The van der Waals surface area contributed by atoms with Crippen molar-refractivity contribution in [3.8, 4) is 0 Å². The zero-order valence-electron chi connectivity index (χ0n) is 18.2. The van der Waals surface area contributed by atoms with E-state index in [0.717, 1.165) is 56.6 Å². The van der Waals surface area contributed by atoms with Crippen LogP contribution < -0.4 is 10.6 Å². The first kappa shape index (κ1) is 21.1. The average Bonchev–Trinajstić information content (AvgIpc) is 3.18. The van der Waals surface area contributed by atoms with E-state index < -0.39 is 6.04 Å². The molecule has 2 fully saturated rings. The lowest BCUT2D eigenvalue weighted by atomic mass is 9.88. The molecule has 0 spiro atoms. The number of amides is 2. The number of halogens is 1. The van der Waals surface area contributed by atoms with Crippen LogP contribution >= 0.6 is 0 Å². The van der Waals surface area contributed by atoms with E-state index in [4.69, 9.17) is 0 Å². The van der Waals surface area contributed by atoms with Gasteiger partial charge in [-0.2, -0.15) is 0 Å². The number of aryl methyl sites for hydroxylation is 1. The molecule has 2 unspecified atom stereocenters. The highest BCUT2D eigenvalue weighted by Gasteiger charge is 2.35. The summed E-state index contributed by atoms with van der Waals surface area (Å²) in [7, 11) is 0. The lowest BCUT2D eigenvalue weighted by molar-refractivity contribution is -0.132. The first-order valence-electron chi connectivity index (χ1n) is 11.2. The van der Waals surface area contributed by atoms with Crippen molar-refractivity contribution in [3.05, 3.63) is 29.1 Å². The molecule has 6 nitrogen and oxygen atoms in total. The smallest absolute Gasteiger partial charge is 0.243 e. The van der Waals surface area contributed by atoms with E-state index in [1.807, 2.05) is 11.8 Å². The molecule has 4 rings (SSSR count). The molecule has 164 valence electrons. The summed E-state index contributed by atoms with van der Waals surface area (Å²) in [6, 6.07) is 3.73. The van der Waals surface area contributed by atoms with Gasteiger partial charge < -0.3 is 15.5 Å². The third kappa shape index (κ3) is 4.17. The second-order valence-corrected chi connectivity index (χ2v) is 9.20. The maximum atomic E-state index is 14.1. The van der Waals surface area contributed by atoms with Crippen molar-refractivity contribution < 1.29 is 14.0 Å². The van der Waals surface area contributed by atoms with Gasteiger partial charge >= 0.3 is 0 Å². The van der Waals surface area contributed by atoms with Gasteiger partial charge in [0.15, 0.2) is 0 Å². The summed E-state index contributed by atoms with van der Waals surface area (Å²) in [5.74, 6) is -0.132. The summed E-state index contributed by atoms with van der Waals surface area (Å²) in [4.78, 5) is 29.0. The fourth-order valence-corrected chi connectivity index (χ4v) is 5.43. The quantitative estimate of drug-likeness (QED) is 0.795. The van der Waals surface area contributed by atoms with Crippen molar-refractivity contribution in [2.75, 3.05) is 25.0 Å². The number of carbonyl (C=O) groups is 2. The first-order chi connectivity index (χ1) is 14.3. The van der Waals surface area contributed by atoms with Crippen LogP contribution in [0.4, 0.5) is 10.1 Å². The molecule has 3 aliphatic rings. The summed E-state index contributed by atoms with van der Waals surface area (Å²) in [6.07, 6.45) is 4.53. The molecule has 2 N–H and O–H groups in total. The van der Waals surface area contributed by atoms with Crippen LogP contribution in [0.2, 0.25) is 0 Å². The van der Waals surface area contributed by atoms with Crippen LogP contribution in [-0.2, 0) is 16.0 Å². The first-order valence-corrected chi connectivity index (χ1v) is 11.2. The Balaban J connectivity index is 1.34. The van der Waals surface area contributed by atoms with Crippen LogP contribution in [0, 0.1) is 12.7 Å². The number of rotatable bonds is 3. The molecule has 4 atom stereocenters. The average molecular weight is 417 g/mol. The number of nitrogens with one attached hydrogen (secondary N) is 2. The van der Waals surface area contributed by atoms with E-state index in [2.05, 4.69) is 22.5 Å². The minimum Gasteiger partial charge on any atom is -0.373 e. The zero-order valence-corrected chi connectivity index (χ0v) is 18.2. The maximum absolute atomic E-state index is 14.1. The number of anilines is 1. The Hall–Kier alpha value is -2.15. The SMILES string of the molecule is CC(=O)N1CCN(C2CCC[C@@H](NC(=O)C3Cc4c(F)ccc(C)c4N3)C2)[C@@H](C)C1. The minimum absolute atomic E-state index is 0.0369. The highest BCUT2D eigenvalue weighted by Crippen LogP contribution is 2.32. The lowest BCUT2D eigenvalue weighted by Gasteiger charge is -2.46. The molecule has 0 radical (unpaired) electrons. The number of fused-ring (bicyclic) bond motifs is 1. The molecule has 0 aromatic heterocycles. The largest absolute Gasteiger partial charge is 0.373 e. The molecule has 2 aliphatic heterocycles. The lowest BCUT2D eigenvalue weighted by Crippen LogP contribution is -2.58. The number of carbonyl (C=O) groups excluding carboxylic acids is 2. The predicted molar refractivity (Wildman–Crippen MR) is 115 cm³/mol. The molecule has 2 amide bonds. The van der Waals surface area contributed by atoms with Crippen molar-refractivity contribution >= 4 is 17.5 Å². The Morgan fingerprint density at radius 1 is 1.23 bits per heavy atom. The molecule has 1 aliphatic carbocycles. The van der Waals surface area contributed by atoms with Gasteiger partial charge in [0, 0.05) is 62.4 Å². The molecule has 2 heterocycles. The van der Waals surface area contributed by atoms with Crippen molar-refractivity contribution in [2.45, 2.75) is 77.0 Å². The fraction of sp³-hybridized carbons (Fsp3) is 0.652. The summed E-state index contributed by atoms with van der Waals surface area (Å²) in [5, 5.41) is 6.46. The van der Waals surface area contributed by atoms with Crippen LogP contribution in [-0.4, -0.2) is 65.4 Å². The summed E-state index contributed by atoms with van der Waals surface area (Å²) < 4.78 is 14.1. The van der Waals surface area contributed by atoms with Crippen LogP contribution in [0.15, 0.2) is 12.1 Å². The van der Waals surface area contributed by atoms with Crippen LogP contribution in [0.1, 0.15) is 50.7 Å². The molecule has 0 bridgehead atoms. The number of hydrogen-bond donors (Lipinski definition) is 2. The predicted octanol–water partition coefficient (Wildman–Crippen LogP) is 2.45. The highest BCUT2D eigenvalue weighted by molar-refractivity contribution is 5.88. The van der Waals surface area contributed by atoms with Gasteiger partial charge in [-0.3, -0.25) is 14.5 Å². The van der Waals surface area contributed by atoms with Gasteiger partial charge in [-0.15, -0.1) is 0 Å². The van der Waals surface area contributed by atoms with E-state index in [1.54, 1.807) is 13.0 Å². The second-order valence-electron chi connectivity index (χ2n) is 9.20. The van der Waals surface area contributed by atoms with Gasteiger partial charge in [0.05, 0.1) is 0 Å². The van der Waals surface area contributed by atoms with Crippen molar-refractivity contribution in [1.29, 1.82) is 0 Å². The Labute approximate surface area is 178 Å². The van der Waals surface area contributed by atoms with Gasteiger partial charge in [-0.25, -0.2) is 4.39 Å². The van der Waals surface area contributed by atoms with Gasteiger partial charge in [-0.05, 0) is 51.2 Å². The van der Waals surface area contributed by atoms with Crippen molar-refractivity contribution in [2.24, 2.45) is 0 Å². The summed E-state index contributed by atoms with van der Waals surface area (Å²) in [6.45, 7) is 8.21. The second kappa shape index (κ2) is 8.53. The minimum atomic E-state index is -0.408. The normalized spacial score (nSPS) is 29.3. The third-order valence-corrected chi connectivity index (χ3v) is 7.09. The molecular weight excluding hydrogens is 383 g/mol. The zero-order chi connectivity index (χ0) is 21.4. The van der Waals surface area contributed by atoms with Gasteiger partial charge in [0.2, 0.25) is 11.8 Å². The third-order valence-electron chi connectivity index (χ3n) is 7.09. The molecule has 7 heteroatoms. The topological polar surface area (TPSA) is 64.7 Å². The monoisotopic (exact) mass is 416 g/mol. The van der Waals surface area contributed by atoms with Gasteiger partial charge in [-0.1, -0.05) is 6.07 Å². The summed E-state index contributed by atoms with van der Waals surface area (Å²) >= 11 is 0. The Kier molecular flexibility index (Phi) is 6.00. The number of benzene rings is 1. The van der Waals surface area contributed by atoms with E-state index in [-0.39, 0.29) is 23.7 Å². The molecule has 1 saturated heterocycles. The van der Waals surface area contributed by atoms with E-state index in [9.17, 15) is 14.0 Å². The molecular formula is C23H33FN4O2. The van der Waals surface area contributed by atoms with E-state index in [1.165, 1.54) is 6.07 Å². The Morgan fingerprint density at radius 3 is 2.73 bits per heavy atom. The highest BCUT2D eigenvalue weighted by atomic mass is 19.1. The van der Waals surface area contributed by atoms with Crippen LogP contribution in [0.5, 0.6) is 0 Å². The number of hydrogen-bond acceptors (Lipinski definition) is 4. The van der Waals surface area contributed by atoms with Crippen molar-refractivity contribution in [1.82, 2.24) is 15.1 Å². The number of piperazine rings is 1. The standard InChI is InChI=1S/C23H33FN4O2/c1-14-7-8-20(24)19-12-21(26-22(14)19)23(30)25-17-5-4-6-18(11-17)28-10-9-27(16(3)29)13-15(28)2/h7-8,15,17-18,21,26H,4-6,9-13H2,1-3H3,(H,25,30)/t15-,17+,18?,21?/m0/s1. The van der Waals surface area contributed by atoms with Gasteiger partial charge in [0.1, 0.15) is 11.9 Å². The molecule has 1 aromatic carbocycles. The Bertz CT molecular complexity index is 799. The van der Waals surface area contributed by atoms with E-state index in [0.29, 0.717) is 24.1 Å². The van der Waals surface area contributed by atoms with E-state index >= 15 is 0 Å². The van der Waals surface area contributed by atoms with Crippen LogP contribution in [0.3, 0.4) is 0 Å².